The molecule has 0 spiro atoms. The molecule has 5 aliphatic rings. The Balaban J connectivity index is 0.000000482. The van der Waals surface area contributed by atoms with Crippen LogP contribution in [0.25, 0.3) is 0 Å². The van der Waals surface area contributed by atoms with Gasteiger partial charge in [-0.3, -0.25) is 14.4 Å². The monoisotopic (exact) mass is 1530 g/mol. The standard InChI is InChI=1S/C19H36N8O9.C19H34N8O8.I3.HI/c20-3-1-2-7(22)4-10(30)24-13-14(31)15(36-18(23)34)9(6-28)35-16(13)27-19-25-11(8(29)5-21)12(26-19)17(32)33;20-3-1-2-7(21)4-10(30)24-13-14(31)15(35-18(22)33)9(6-28)34-17(13)27-19-25-11-8(29)5-23-16(32)12(11)26-19;1-3-2;/h7-9,11-16,28-29,31H,1-6,20-22H2,(H2,23,34)(H,24,30)(H,32,33)(H2,25,26,27);7-9,11-15,17,28-29,31H,1-6,20-21H2,(H2,22,33)(H,23,32)(H,24,30)(H2,25,26,27);;1H/q;;-1;. The van der Waals surface area contributed by atoms with Gasteiger partial charge in [0.15, 0.2) is 48.7 Å². The van der Waals surface area contributed by atoms with Gasteiger partial charge < -0.3 is 132 Å². The van der Waals surface area contributed by atoms with Crippen molar-refractivity contribution >= 4 is 109 Å². The van der Waals surface area contributed by atoms with E-state index in [2.05, 4.69) is 84.4 Å². The Morgan fingerprint density at radius 3 is 1.60 bits per heavy atom. The molecule has 5 aliphatic heterocycles. The van der Waals surface area contributed by atoms with Crippen LogP contribution in [-0.4, -0.2) is 233 Å². The molecule has 18 unspecified atom stereocenters. The fourth-order valence-electron chi connectivity index (χ4n) is 8.30. The molecule has 3 saturated heterocycles. The number of carboxylic acid groups (broad SMARTS) is 1. The minimum atomic E-state index is -1.62. The third-order valence-electron chi connectivity index (χ3n) is 11.9. The van der Waals surface area contributed by atoms with Gasteiger partial charge in [-0.15, -0.1) is 24.0 Å². The normalized spacial score (nSPS) is 31.8. The van der Waals surface area contributed by atoms with Gasteiger partial charge in [-0.25, -0.2) is 24.4 Å². The number of carbonyl (C=O) groups excluding carboxylic acids is 5. The fourth-order valence-corrected chi connectivity index (χ4v) is 8.30. The van der Waals surface area contributed by atoms with Gasteiger partial charge in [0, 0.05) is 38.0 Å². The maximum atomic E-state index is 12.7. The number of amides is 5. The van der Waals surface area contributed by atoms with Crippen molar-refractivity contribution in [3.8, 4) is 0 Å². The molecule has 0 radical (unpaired) electrons. The zero-order chi connectivity index (χ0) is 55.4. The van der Waals surface area contributed by atoms with Crippen LogP contribution in [0.1, 0.15) is 38.5 Å². The molecule has 37 heteroatoms. The number of aliphatic carboxylic acids is 1. The number of rotatable bonds is 21. The predicted molar refractivity (Wildman–Crippen MR) is 286 cm³/mol. The summed E-state index contributed by atoms with van der Waals surface area (Å²) in [6.07, 6.45) is -13.5. The van der Waals surface area contributed by atoms with Gasteiger partial charge in [0.05, 0.1) is 37.5 Å². The quantitative estimate of drug-likeness (QED) is 0.0475. The van der Waals surface area contributed by atoms with Crippen molar-refractivity contribution in [1.82, 2.24) is 37.2 Å². The molecule has 0 aromatic heterocycles. The second-order valence-electron chi connectivity index (χ2n) is 17.3. The third kappa shape index (κ3) is 20.8. The number of carboxylic acids is 1. The first-order chi connectivity index (χ1) is 35.1. The second-order valence-corrected chi connectivity index (χ2v) is 33.5. The van der Waals surface area contributed by atoms with Crippen LogP contribution in [0.4, 0.5) is 9.59 Å². The van der Waals surface area contributed by atoms with Crippen LogP contribution < -0.4 is 90.6 Å². The average Bonchev–Trinajstić information content (AvgIpc) is 3.98. The van der Waals surface area contributed by atoms with Crippen molar-refractivity contribution in [3.05, 3.63) is 0 Å². The molecule has 5 rings (SSSR count). The van der Waals surface area contributed by atoms with E-state index in [9.17, 15) is 64.5 Å². The topological polar surface area (TPSA) is 572 Å². The molecular formula is C38H71I4N16O17-. The van der Waals surface area contributed by atoms with Crippen LogP contribution >= 0.6 is 61.2 Å². The fraction of sp³-hybridized carbons (Fsp3) is 0.789. The summed E-state index contributed by atoms with van der Waals surface area (Å²) in [7, 11) is 0. The van der Waals surface area contributed by atoms with Crippen molar-refractivity contribution in [2.24, 2.45) is 50.1 Å². The predicted octanol–water partition coefficient (Wildman–Crippen LogP) is -12.2. The molecule has 33 nitrogen and oxygen atoms in total. The summed E-state index contributed by atoms with van der Waals surface area (Å²) >= 11 is 5.30. The summed E-state index contributed by atoms with van der Waals surface area (Å²) < 4.78 is 21.3. The van der Waals surface area contributed by atoms with E-state index in [1.54, 1.807) is 0 Å². The number of carbonyl (C=O) groups is 6. The number of aliphatic hydroxyl groups is 6. The maximum absolute atomic E-state index is 12.7. The Bertz CT molecular complexity index is 1920. The van der Waals surface area contributed by atoms with Gasteiger partial charge in [-0.05, 0) is 38.8 Å². The van der Waals surface area contributed by atoms with E-state index in [0.717, 1.165) is 0 Å². The molecular weight excluding hydrogens is 1460 g/mol. The number of primary amides is 2. The van der Waals surface area contributed by atoms with Gasteiger partial charge in [-0.1, -0.05) is 0 Å². The van der Waals surface area contributed by atoms with E-state index in [1.165, 1.54) is 0 Å². The first kappa shape index (κ1) is 68.5. The zero-order valence-corrected chi connectivity index (χ0v) is 48.9. The molecule has 0 aromatic rings. The minimum Gasteiger partial charge on any atom is -0.480 e. The summed E-state index contributed by atoms with van der Waals surface area (Å²) in [5.74, 6) is -2.87. The van der Waals surface area contributed by atoms with Crippen LogP contribution in [0, 0.1) is 0 Å². The van der Waals surface area contributed by atoms with Crippen molar-refractivity contribution in [2.75, 3.05) is 39.4 Å². The largest absolute Gasteiger partial charge is 0.480 e. The summed E-state index contributed by atoms with van der Waals surface area (Å²) in [4.78, 5) is 79.9. The number of β-amino-alcohol motifs (C(OH)–C–C–N with tert-alkyl or cyclic N) is 1. The molecule has 28 N–H and O–H groups in total. The van der Waals surface area contributed by atoms with Gasteiger partial charge in [-0.2, -0.15) is 0 Å². The van der Waals surface area contributed by atoms with E-state index >= 15 is 0 Å². The average molecular weight is 1530 g/mol. The number of nitrogens with two attached hydrogens (primary N) is 7. The molecule has 5 heterocycles. The Morgan fingerprint density at radius 2 is 1.23 bits per heavy atom. The molecule has 75 heavy (non-hydrogen) atoms. The van der Waals surface area contributed by atoms with Gasteiger partial charge in [0.25, 0.3) is 0 Å². The number of aliphatic imine (C=N–C) groups is 2. The van der Waals surface area contributed by atoms with Gasteiger partial charge in [0.1, 0.15) is 36.5 Å². The minimum absolute atomic E-state index is 0. The van der Waals surface area contributed by atoms with Crippen molar-refractivity contribution < 1.29 is 96.7 Å². The van der Waals surface area contributed by atoms with Crippen LogP contribution in [0.15, 0.2) is 9.98 Å². The number of piperidine rings is 1. The van der Waals surface area contributed by atoms with E-state index in [1.807, 2.05) is 0 Å². The van der Waals surface area contributed by atoms with Crippen LogP contribution in [0.3, 0.4) is 0 Å². The Hall–Kier alpha value is -2.64. The first-order valence-electron chi connectivity index (χ1n) is 23.0. The summed E-state index contributed by atoms with van der Waals surface area (Å²) in [5.41, 5.74) is 38.4. The van der Waals surface area contributed by atoms with Crippen molar-refractivity contribution in [1.29, 1.82) is 0 Å². The van der Waals surface area contributed by atoms with E-state index in [4.69, 9.17) is 59.1 Å². The number of guanidine groups is 2. The molecule has 18 atom stereocenters. The molecule has 0 aliphatic carbocycles. The Morgan fingerprint density at radius 1 is 0.787 bits per heavy atom. The van der Waals surface area contributed by atoms with E-state index < -0.39 is 153 Å². The third-order valence-corrected chi connectivity index (χ3v) is 11.9. The van der Waals surface area contributed by atoms with Gasteiger partial charge >= 0.3 is 68.6 Å². The van der Waals surface area contributed by atoms with Crippen LogP contribution in [-0.2, 0) is 38.1 Å². The smallest absolute Gasteiger partial charge is 0.404 e. The first-order valence-corrected chi connectivity index (χ1v) is 35.6. The molecule has 3 fully saturated rings. The number of ether oxygens (including phenoxy) is 4. The molecule has 434 valence electrons. The zero-order valence-electron chi connectivity index (χ0n) is 40.1. The Kier molecular flexibility index (Phi) is 31.4. The van der Waals surface area contributed by atoms with Crippen molar-refractivity contribution in [3.63, 3.8) is 0 Å². The number of hydrogen-bond donors (Lipinski definition) is 21. The SMILES string of the molecule is I.I[I-]I.NCCCC(N)CC(=O)NC1C(NC2=NC(C(=O)O)C(C(O)CN)N2)OC(CO)C(OC(N)=O)C1O.NCCCC(N)CC(=O)NC1C(NC2=NC3C(=O)NCC(O)C3N2)OC(CO)C(OC(N)=O)C1O. The number of hydrogen-bond acceptors (Lipinski definition) is 27. The van der Waals surface area contributed by atoms with E-state index in [-0.39, 0.29) is 67.7 Å². The van der Waals surface area contributed by atoms with E-state index in [0.29, 0.717) is 52.0 Å². The second kappa shape index (κ2) is 34.4. The Labute approximate surface area is 476 Å². The number of nitrogens with one attached hydrogen (secondary N) is 7. The summed E-state index contributed by atoms with van der Waals surface area (Å²) in [6.45, 7) is -0.721. The molecule has 5 amide bonds. The maximum Gasteiger partial charge on any atom is 0.404 e. The summed E-state index contributed by atoms with van der Waals surface area (Å²) in [5, 5.41) is 89.9. The number of fused-ring (bicyclic) bond motifs is 1. The molecule has 0 bridgehead atoms. The van der Waals surface area contributed by atoms with Crippen molar-refractivity contribution in [2.45, 2.75) is 148 Å². The molecule has 0 saturated carbocycles. The summed E-state index contributed by atoms with van der Waals surface area (Å²) in [6, 6.07) is -7.54. The number of halogens is 4. The van der Waals surface area contributed by atoms with Gasteiger partial charge in [0.2, 0.25) is 17.7 Å². The van der Waals surface area contributed by atoms with Crippen LogP contribution in [0.2, 0.25) is 0 Å². The van der Waals surface area contributed by atoms with Crippen LogP contribution in [0.5, 0.6) is 0 Å². The molecule has 0 aromatic carbocycles. The number of aliphatic hydroxyl groups excluding tert-OH is 6. The number of nitrogens with zero attached hydrogens (tertiary/aromatic N) is 2.